The zero-order chi connectivity index (χ0) is 22.7. The molecule has 6 heteroatoms. The van der Waals surface area contributed by atoms with E-state index >= 15 is 0 Å². The summed E-state index contributed by atoms with van der Waals surface area (Å²) in [6.45, 7) is 4.42. The minimum Gasteiger partial charge on any atom is -0.469 e. The summed E-state index contributed by atoms with van der Waals surface area (Å²) in [4.78, 5) is 22.7. The number of aliphatic hydroxyl groups excluding tert-OH is 1. The van der Waals surface area contributed by atoms with Crippen molar-refractivity contribution in [2.45, 2.75) is 121 Å². The van der Waals surface area contributed by atoms with Gasteiger partial charge >= 0.3 is 11.9 Å². The predicted octanol–water partition coefficient (Wildman–Crippen LogP) is 6.06. The Kier molecular flexibility index (Phi) is 18.5. The number of thioether (sulfide) groups is 1. The Morgan fingerprint density at radius 3 is 2.07 bits per heavy atom. The van der Waals surface area contributed by atoms with Crippen molar-refractivity contribution in [1.29, 1.82) is 0 Å². The minimum absolute atomic E-state index is 0.0104. The topological polar surface area (TPSA) is 72.8 Å². The van der Waals surface area contributed by atoms with Crippen molar-refractivity contribution in [3.63, 3.8) is 0 Å². The van der Waals surface area contributed by atoms with Gasteiger partial charge in [-0.05, 0) is 32.1 Å². The lowest BCUT2D eigenvalue weighted by molar-refractivity contribution is -0.140. The molecule has 0 spiro atoms. The predicted molar refractivity (Wildman–Crippen MR) is 126 cm³/mol. The van der Waals surface area contributed by atoms with E-state index in [-0.39, 0.29) is 22.8 Å². The summed E-state index contributed by atoms with van der Waals surface area (Å²) in [5.41, 5.74) is 0. The molecule has 0 saturated carbocycles. The van der Waals surface area contributed by atoms with Crippen molar-refractivity contribution >= 4 is 23.7 Å². The van der Waals surface area contributed by atoms with Gasteiger partial charge in [-0.25, -0.2) is 0 Å². The van der Waals surface area contributed by atoms with E-state index in [9.17, 15) is 14.7 Å². The number of hydrogen-bond donors (Lipinski definition) is 1. The molecular formula is C24H46O5S. The van der Waals surface area contributed by atoms with Gasteiger partial charge in [0.15, 0.2) is 0 Å². The second-order valence-electron chi connectivity index (χ2n) is 8.55. The average molecular weight is 447 g/mol. The second-order valence-corrected chi connectivity index (χ2v) is 10.1. The molecule has 0 aromatic rings. The zero-order valence-corrected chi connectivity index (χ0v) is 20.7. The molecule has 2 atom stereocenters. The summed E-state index contributed by atoms with van der Waals surface area (Å²) in [7, 11) is 2.86. The van der Waals surface area contributed by atoms with Gasteiger partial charge in [-0.1, -0.05) is 71.6 Å². The molecule has 178 valence electrons. The highest BCUT2D eigenvalue weighted by Gasteiger charge is 2.26. The van der Waals surface area contributed by atoms with E-state index in [1.54, 1.807) is 11.8 Å². The lowest BCUT2D eigenvalue weighted by atomic mass is 9.93. The molecule has 0 aliphatic rings. The summed E-state index contributed by atoms with van der Waals surface area (Å²) in [6, 6.07) is 0. The van der Waals surface area contributed by atoms with Crippen molar-refractivity contribution in [3.8, 4) is 0 Å². The Labute approximate surface area is 189 Å². The third-order valence-corrected chi connectivity index (χ3v) is 7.21. The van der Waals surface area contributed by atoms with Crippen LogP contribution >= 0.6 is 11.8 Å². The molecule has 0 fully saturated rings. The summed E-state index contributed by atoms with van der Waals surface area (Å²) in [6.07, 6.45) is 15.2. The molecule has 0 radical (unpaired) electrons. The first kappa shape index (κ1) is 29.2. The standard InChI is InChI=1S/C24H46O5S/c1-5-6-7-12-15-21(25)17-19-24(2,30-20-23(27)29-4)18-14-11-9-8-10-13-16-22(26)28-3/h21,25H,5-20H2,1-4H3/t21-,24?/m0/s1. The molecule has 0 rings (SSSR count). The van der Waals surface area contributed by atoms with Crippen LogP contribution in [0.25, 0.3) is 0 Å². The molecule has 0 bridgehead atoms. The van der Waals surface area contributed by atoms with Crippen LogP contribution in [0.2, 0.25) is 0 Å². The number of aliphatic hydroxyl groups is 1. The van der Waals surface area contributed by atoms with Crippen LogP contribution in [0.15, 0.2) is 0 Å². The molecule has 1 unspecified atom stereocenters. The number of carbonyl (C=O) groups is 2. The van der Waals surface area contributed by atoms with Crippen LogP contribution in [0.5, 0.6) is 0 Å². The summed E-state index contributed by atoms with van der Waals surface area (Å²) in [5.74, 6) is 0.0607. The number of ether oxygens (including phenoxy) is 2. The van der Waals surface area contributed by atoms with Gasteiger partial charge in [-0.2, -0.15) is 0 Å². The van der Waals surface area contributed by atoms with Gasteiger partial charge < -0.3 is 14.6 Å². The Balaban J connectivity index is 4.21. The van der Waals surface area contributed by atoms with E-state index < -0.39 is 0 Å². The third-order valence-electron chi connectivity index (χ3n) is 5.73. The average Bonchev–Trinajstić information content (AvgIpc) is 2.75. The SMILES string of the molecule is CCCCCC[C@H](O)CCC(C)(CCCCCCCCC(=O)OC)SCC(=O)OC. The number of carbonyl (C=O) groups excluding carboxylic acids is 2. The molecule has 0 saturated heterocycles. The van der Waals surface area contributed by atoms with Crippen LogP contribution in [0.1, 0.15) is 110 Å². The fourth-order valence-electron chi connectivity index (χ4n) is 3.56. The van der Waals surface area contributed by atoms with Crippen LogP contribution in [0.3, 0.4) is 0 Å². The number of rotatable bonds is 20. The smallest absolute Gasteiger partial charge is 0.315 e. The highest BCUT2D eigenvalue weighted by molar-refractivity contribution is 8.01. The highest BCUT2D eigenvalue weighted by Crippen LogP contribution is 2.36. The molecule has 30 heavy (non-hydrogen) atoms. The fourth-order valence-corrected chi connectivity index (χ4v) is 4.70. The Morgan fingerprint density at radius 2 is 1.43 bits per heavy atom. The molecule has 0 aliphatic heterocycles. The van der Waals surface area contributed by atoms with Crippen molar-refractivity contribution in [3.05, 3.63) is 0 Å². The van der Waals surface area contributed by atoms with E-state index in [0.29, 0.717) is 12.2 Å². The van der Waals surface area contributed by atoms with Gasteiger partial charge in [0.1, 0.15) is 0 Å². The van der Waals surface area contributed by atoms with Gasteiger partial charge in [0.05, 0.1) is 26.1 Å². The number of methoxy groups -OCH3 is 2. The zero-order valence-electron chi connectivity index (χ0n) is 19.9. The van der Waals surface area contributed by atoms with Crippen molar-refractivity contribution < 1.29 is 24.2 Å². The van der Waals surface area contributed by atoms with Crippen molar-refractivity contribution in [2.24, 2.45) is 0 Å². The maximum absolute atomic E-state index is 11.6. The molecule has 5 nitrogen and oxygen atoms in total. The van der Waals surface area contributed by atoms with Gasteiger partial charge in [-0.15, -0.1) is 11.8 Å². The first-order valence-corrected chi connectivity index (χ1v) is 12.8. The monoisotopic (exact) mass is 446 g/mol. The van der Waals surface area contributed by atoms with Crippen LogP contribution < -0.4 is 0 Å². The van der Waals surface area contributed by atoms with Crippen LogP contribution in [-0.4, -0.2) is 47.9 Å². The molecular weight excluding hydrogens is 400 g/mol. The molecule has 0 aliphatic carbocycles. The molecule has 1 N–H and O–H groups in total. The van der Waals surface area contributed by atoms with Gasteiger partial charge in [0.25, 0.3) is 0 Å². The van der Waals surface area contributed by atoms with Crippen LogP contribution in [0, 0.1) is 0 Å². The Morgan fingerprint density at radius 1 is 0.833 bits per heavy atom. The second kappa shape index (κ2) is 19.0. The maximum atomic E-state index is 11.6. The van der Waals surface area contributed by atoms with Gasteiger partial charge in [-0.3, -0.25) is 9.59 Å². The normalized spacial score (nSPS) is 14.2. The summed E-state index contributed by atoms with van der Waals surface area (Å²) < 4.78 is 9.46. The summed E-state index contributed by atoms with van der Waals surface area (Å²) in [5, 5.41) is 10.4. The third kappa shape index (κ3) is 17.0. The first-order valence-electron chi connectivity index (χ1n) is 11.8. The van der Waals surface area contributed by atoms with E-state index in [0.717, 1.165) is 64.2 Å². The maximum Gasteiger partial charge on any atom is 0.315 e. The largest absolute Gasteiger partial charge is 0.469 e. The van der Waals surface area contributed by atoms with Crippen LogP contribution in [-0.2, 0) is 19.1 Å². The quantitative estimate of drug-likeness (QED) is 0.181. The van der Waals surface area contributed by atoms with Crippen LogP contribution in [0.4, 0.5) is 0 Å². The first-order chi connectivity index (χ1) is 14.4. The van der Waals surface area contributed by atoms with Gasteiger partial charge in [0.2, 0.25) is 0 Å². The molecule has 0 heterocycles. The van der Waals surface area contributed by atoms with E-state index in [4.69, 9.17) is 4.74 Å². The molecule has 0 aromatic carbocycles. The molecule has 0 aromatic heterocycles. The van der Waals surface area contributed by atoms with Crippen molar-refractivity contribution in [2.75, 3.05) is 20.0 Å². The highest BCUT2D eigenvalue weighted by atomic mass is 32.2. The lowest BCUT2D eigenvalue weighted by Crippen LogP contribution is -2.25. The van der Waals surface area contributed by atoms with E-state index in [1.807, 2.05) is 0 Å². The van der Waals surface area contributed by atoms with E-state index in [2.05, 4.69) is 18.6 Å². The fraction of sp³-hybridized carbons (Fsp3) is 0.917. The molecule has 0 amide bonds. The van der Waals surface area contributed by atoms with Crippen molar-refractivity contribution in [1.82, 2.24) is 0 Å². The lowest BCUT2D eigenvalue weighted by Gasteiger charge is -2.30. The summed E-state index contributed by atoms with van der Waals surface area (Å²) >= 11 is 1.67. The number of unbranched alkanes of at least 4 members (excludes halogenated alkanes) is 8. The number of hydrogen-bond acceptors (Lipinski definition) is 6. The Bertz CT molecular complexity index is 443. The number of esters is 2. The Hall–Kier alpha value is -0.750. The van der Waals surface area contributed by atoms with Gasteiger partial charge in [0, 0.05) is 11.2 Å². The minimum atomic E-state index is -0.241. The van der Waals surface area contributed by atoms with E-state index in [1.165, 1.54) is 39.9 Å².